The van der Waals surface area contributed by atoms with Gasteiger partial charge >= 0.3 is 5.97 Å². The average Bonchev–Trinajstić information content (AvgIpc) is 3.14. The zero-order chi connectivity index (χ0) is 14.0. The molecule has 1 aromatic rings. The van der Waals surface area contributed by atoms with Gasteiger partial charge < -0.3 is 10.4 Å². The van der Waals surface area contributed by atoms with Crippen molar-refractivity contribution in [3.8, 4) is 0 Å². The van der Waals surface area contributed by atoms with Gasteiger partial charge in [-0.05, 0) is 17.9 Å². The van der Waals surface area contributed by atoms with Gasteiger partial charge in [0.05, 0.1) is 11.3 Å². The van der Waals surface area contributed by atoms with Crippen LogP contribution in [-0.2, 0) is 16.1 Å². The molecule has 0 heterocycles. The summed E-state index contributed by atoms with van der Waals surface area (Å²) in [5.74, 6) is -1.44. The van der Waals surface area contributed by atoms with E-state index in [1.165, 1.54) is 0 Å². The molecule has 2 N–H and O–H groups in total. The lowest BCUT2D eigenvalue weighted by molar-refractivity contribution is -0.147. The average molecular weight is 261 g/mol. The summed E-state index contributed by atoms with van der Waals surface area (Å²) in [4.78, 5) is 23.4. The highest BCUT2D eigenvalue weighted by Gasteiger charge is 2.65. The Kier molecular flexibility index (Phi) is 3.60. The Bertz CT molecular complexity index is 483. The van der Waals surface area contributed by atoms with E-state index in [1.807, 2.05) is 44.2 Å². The summed E-state index contributed by atoms with van der Waals surface area (Å²) in [6.07, 6.45) is 0.445. The van der Waals surface area contributed by atoms with Crippen molar-refractivity contribution in [3.05, 3.63) is 35.9 Å². The summed E-state index contributed by atoms with van der Waals surface area (Å²) >= 11 is 0. The van der Waals surface area contributed by atoms with Crippen LogP contribution in [0.1, 0.15) is 25.8 Å². The van der Waals surface area contributed by atoms with Gasteiger partial charge in [0.15, 0.2) is 0 Å². The summed E-state index contributed by atoms with van der Waals surface area (Å²) in [5, 5.41) is 12.1. The quantitative estimate of drug-likeness (QED) is 0.852. The molecule has 19 heavy (non-hydrogen) atoms. The minimum Gasteiger partial charge on any atom is -0.481 e. The second kappa shape index (κ2) is 5.03. The van der Waals surface area contributed by atoms with Gasteiger partial charge in [0, 0.05) is 6.54 Å². The van der Waals surface area contributed by atoms with Crippen molar-refractivity contribution in [1.82, 2.24) is 5.32 Å². The standard InChI is InChI=1S/C15H19NO3/c1-10(2)15(14(18)19)8-12(15)13(17)16-9-11-6-4-3-5-7-11/h3-7,10,12H,8-9H2,1-2H3,(H,16,17)(H,18,19). The van der Waals surface area contributed by atoms with Crippen LogP contribution >= 0.6 is 0 Å². The van der Waals surface area contributed by atoms with Gasteiger partial charge in [0.2, 0.25) is 5.91 Å². The second-order valence-electron chi connectivity index (χ2n) is 5.46. The monoisotopic (exact) mass is 261 g/mol. The topological polar surface area (TPSA) is 66.4 Å². The minimum absolute atomic E-state index is 0.0301. The van der Waals surface area contributed by atoms with E-state index in [9.17, 15) is 14.7 Å². The van der Waals surface area contributed by atoms with E-state index in [4.69, 9.17) is 0 Å². The number of nitrogens with one attached hydrogen (secondary N) is 1. The van der Waals surface area contributed by atoms with Crippen LogP contribution in [0.5, 0.6) is 0 Å². The van der Waals surface area contributed by atoms with Gasteiger partial charge in [0.25, 0.3) is 0 Å². The molecule has 1 aliphatic rings. The number of aliphatic carboxylic acids is 1. The molecule has 0 spiro atoms. The molecule has 4 nitrogen and oxygen atoms in total. The normalized spacial score (nSPS) is 25.1. The van der Waals surface area contributed by atoms with Crippen molar-refractivity contribution in [2.45, 2.75) is 26.8 Å². The SMILES string of the molecule is CC(C)C1(C(=O)O)CC1C(=O)NCc1ccccc1. The van der Waals surface area contributed by atoms with Gasteiger partial charge in [0.1, 0.15) is 0 Å². The Morgan fingerprint density at radius 1 is 1.37 bits per heavy atom. The maximum atomic E-state index is 12.0. The van der Waals surface area contributed by atoms with Crippen LogP contribution in [0.2, 0.25) is 0 Å². The molecule has 4 heteroatoms. The van der Waals surface area contributed by atoms with E-state index < -0.39 is 17.3 Å². The van der Waals surface area contributed by atoms with E-state index in [1.54, 1.807) is 0 Å². The number of carboxylic acids is 1. The Labute approximate surface area is 112 Å². The zero-order valence-electron chi connectivity index (χ0n) is 11.2. The molecule has 1 amide bonds. The Balaban J connectivity index is 1.94. The van der Waals surface area contributed by atoms with Crippen LogP contribution in [0.4, 0.5) is 0 Å². The molecule has 1 saturated carbocycles. The van der Waals surface area contributed by atoms with Gasteiger partial charge in [-0.1, -0.05) is 44.2 Å². The smallest absolute Gasteiger partial charge is 0.310 e. The van der Waals surface area contributed by atoms with Crippen molar-refractivity contribution in [3.63, 3.8) is 0 Å². The molecule has 2 rings (SSSR count). The van der Waals surface area contributed by atoms with Gasteiger partial charge in [-0.3, -0.25) is 9.59 Å². The summed E-state index contributed by atoms with van der Waals surface area (Å²) in [5.41, 5.74) is 0.155. The molecular formula is C15H19NO3. The van der Waals surface area contributed by atoms with Crippen molar-refractivity contribution >= 4 is 11.9 Å². The lowest BCUT2D eigenvalue weighted by Gasteiger charge is -2.16. The summed E-state index contributed by atoms with van der Waals surface area (Å²) < 4.78 is 0. The number of amides is 1. The van der Waals surface area contributed by atoms with Crippen molar-refractivity contribution in [2.75, 3.05) is 0 Å². The van der Waals surface area contributed by atoms with Crippen molar-refractivity contribution in [1.29, 1.82) is 0 Å². The van der Waals surface area contributed by atoms with Crippen molar-refractivity contribution in [2.24, 2.45) is 17.3 Å². The summed E-state index contributed by atoms with van der Waals surface area (Å²) in [7, 11) is 0. The first kappa shape index (κ1) is 13.6. The van der Waals surface area contributed by atoms with Crippen LogP contribution in [0.25, 0.3) is 0 Å². The number of carbonyl (C=O) groups is 2. The number of hydrogen-bond acceptors (Lipinski definition) is 2. The summed E-state index contributed by atoms with van der Waals surface area (Å²) in [6.45, 7) is 4.17. The maximum absolute atomic E-state index is 12.0. The number of benzene rings is 1. The van der Waals surface area contributed by atoms with E-state index in [2.05, 4.69) is 5.32 Å². The molecule has 0 aromatic heterocycles. The van der Waals surface area contributed by atoms with Crippen LogP contribution in [-0.4, -0.2) is 17.0 Å². The minimum atomic E-state index is -0.860. The van der Waals surface area contributed by atoms with E-state index in [0.29, 0.717) is 13.0 Å². The van der Waals surface area contributed by atoms with E-state index >= 15 is 0 Å². The number of hydrogen-bond donors (Lipinski definition) is 2. The molecular weight excluding hydrogens is 242 g/mol. The second-order valence-corrected chi connectivity index (χ2v) is 5.46. The van der Waals surface area contributed by atoms with Crippen molar-refractivity contribution < 1.29 is 14.7 Å². The molecule has 0 radical (unpaired) electrons. The Hall–Kier alpha value is -1.84. The van der Waals surface area contributed by atoms with E-state index in [0.717, 1.165) is 5.56 Å². The van der Waals surface area contributed by atoms with Crippen LogP contribution < -0.4 is 5.32 Å². The molecule has 1 aromatic carbocycles. The predicted molar refractivity (Wildman–Crippen MR) is 71.3 cm³/mol. The highest BCUT2D eigenvalue weighted by molar-refractivity contribution is 5.92. The molecule has 0 saturated heterocycles. The first-order chi connectivity index (χ1) is 8.98. The highest BCUT2D eigenvalue weighted by Crippen LogP contribution is 2.58. The zero-order valence-corrected chi connectivity index (χ0v) is 11.2. The number of rotatable bonds is 5. The largest absolute Gasteiger partial charge is 0.481 e. The Morgan fingerprint density at radius 2 is 2.00 bits per heavy atom. The van der Waals surface area contributed by atoms with Crippen LogP contribution in [0, 0.1) is 17.3 Å². The molecule has 0 aliphatic heterocycles. The van der Waals surface area contributed by atoms with Gasteiger partial charge in [-0.2, -0.15) is 0 Å². The third kappa shape index (κ3) is 2.48. The third-order valence-electron chi connectivity index (χ3n) is 4.06. The third-order valence-corrected chi connectivity index (χ3v) is 4.06. The van der Waals surface area contributed by atoms with E-state index in [-0.39, 0.29) is 11.8 Å². The fourth-order valence-corrected chi connectivity index (χ4v) is 2.64. The van der Waals surface area contributed by atoms with Gasteiger partial charge in [-0.25, -0.2) is 0 Å². The predicted octanol–water partition coefficient (Wildman–Crippen LogP) is 2.05. The fraction of sp³-hybridized carbons (Fsp3) is 0.467. The highest BCUT2D eigenvalue weighted by atomic mass is 16.4. The summed E-state index contributed by atoms with van der Waals surface area (Å²) in [6, 6.07) is 9.60. The first-order valence-electron chi connectivity index (χ1n) is 6.53. The maximum Gasteiger partial charge on any atom is 0.310 e. The molecule has 102 valence electrons. The number of carboxylic acid groups (broad SMARTS) is 1. The number of carbonyl (C=O) groups excluding carboxylic acids is 1. The first-order valence-corrected chi connectivity index (χ1v) is 6.53. The van der Waals surface area contributed by atoms with Gasteiger partial charge in [-0.15, -0.1) is 0 Å². The van der Waals surface area contributed by atoms with Crippen LogP contribution in [0.15, 0.2) is 30.3 Å². The lowest BCUT2D eigenvalue weighted by Crippen LogP contribution is -2.32. The van der Waals surface area contributed by atoms with Crippen LogP contribution in [0.3, 0.4) is 0 Å². The lowest BCUT2D eigenvalue weighted by atomic mass is 9.89. The molecule has 1 fully saturated rings. The molecule has 2 unspecified atom stereocenters. The molecule has 1 aliphatic carbocycles. The molecule has 2 atom stereocenters. The fourth-order valence-electron chi connectivity index (χ4n) is 2.64. The molecule has 0 bridgehead atoms. The Morgan fingerprint density at radius 3 is 2.47 bits per heavy atom.